The van der Waals surface area contributed by atoms with Crippen LogP contribution in [0.25, 0.3) is 0 Å². The van der Waals surface area contributed by atoms with Gasteiger partial charge >= 0.3 is 0 Å². The number of hydrogen-bond donors (Lipinski definition) is 2. The molecule has 0 saturated heterocycles. The molecule has 1 heterocycles. The van der Waals surface area contributed by atoms with Crippen molar-refractivity contribution in [3.05, 3.63) is 65.7 Å². The van der Waals surface area contributed by atoms with E-state index in [0.29, 0.717) is 12.3 Å². The van der Waals surface area contributed by atoms with Gasteiger partial charge in [-0.3, -0.25) is 9.69 Å². The first kappa shape index (κ1) is 18.4. The van der Waals surface area contributed by atoms with Crippen LogP contribution in [0, 0.1) is 0 Å². The van der Waals surface area contributed by atoms with Crippen molar-refractivity contribution >= 4 is 5.91 Å². The molecule has 1 aliphatic rings. The van der Waals surface area contributed by atoms with E-state index in [0.717, 1.165) is 19.5 Å². The number of nitrogens with one attached hydrogen (secondary N) is 1. The van der Waals surface area contributed by atoms with Crippen molar-refractivity contribution in [2.45, 2.75) is 32.1 Å². The summed E-state index contributed by atoms with van der Waals surface area (Å²) in [5, 5.41) is 13.0. The molecule has 2 atom stereocenters. The Morgan fingerprint density at radius 3 is 2.62 bits per heavy atom. The van der Waals surface area contributed by atoms with Crippen LogP contribution in [0.15, 0.2) is 54.6 Å². The summed E-state index contributed by atoms with van der Waals surface area (Å²) in [4.78, 5) is 14.4. The first-order valence-electron chi connectivity index (χ1n) is 9.08. The lowest BCUT2D eigenvalue weighted by atomic mass is 10.00. The van der Waals surface area contributed by atoms with Gasteiger partial charge in [0, 0.05) is 26.2 Å². The summed E-state index contributed by atoms with van der Waals surface area (Å²) in [5.41, 5.74) is 2.71. The third-order valence-corrected chi connectivity index (χ3v) is 4.62. The number of fused-ring (bicyclic) bond motifs is 1. The van der Waals surface area contributed by atoms with Gasteiger partial charge in [-0.25, -0.2) is 0 Å². The van der Waals surface area contributed by atoms with Crippen LogP contribution in [0.4, 0.5) is 0 Å². The molecule has 1 amide bonds. The molecule has 0 radical (unpaired) electrons. The number of nitrogens with zero attached hydrogens (tertiary/aromatic N) is 1. The van der Waals surface area contributed by atoms with Crippen molar-refractivity contribution in [1.29, 1.82) is 0 Å². The summed E-state index contributed by atoms with van der Waals surface area (Å²) in [6, 6.07) is 17.7. The number of carbonyl (C=O) groups is 1. The van der Waals surface area contributed by atoms with Gasteiger partial charge in [0.2, 0.25) is 0 Å². The third-order valence-electron chi connectivity index (χ3n) is 4.62. The third kappa shape index (κ3) is 5.07. The molecule has 0 spiro atoms. The van der Waals surface area contributed by atoms with Crippen LogP contribution in [-0.4, -0.2) is 47.8 Å². The van der Waals surface area contributed by atoms with Gasteiger partial charge in [0.1, 0.15) is 5.75 Å². The molecule has 2 aromatic carbocycles. The van der Waals surface area contributed by atoms with Gasteiger partial charge in [0.25, 0.3) is 5.91 Å². The van der Waals surface area contributed by atoms with E-state index in [1.165, 1.54) is 11.1 Å². The standard InChI is InChI=1S/C21H26N2O3/c1-16(26-20-9-3-2-4-10-20)21(25)22-13-19(24)15-23-12-11-17-7-5-6-8-18(17)14-23/h2-10,16,19,24H,11-15H2,1H3,(H,22,25). The Kier molecular flexibility index (Phi) is 6.26. The number of benzene rings is 2. The van der Waals surface area contributed by atoms with E-state index in [1.54, 1.807) is 6.92 Å². The molecule has 2 unspecified atom stereocenters. The van der Waals surface area contributed by atoms with Gasteiger partial charge in [-0.1, -0.05) is 42.5 Å². The number of β-amino-alcohol motifs (C(OH)–C–C–N with tert-alkyl or cyclic N) is 1. The molecule has 2 aromatic rings. The van der Waals surface area contributed by atoms with Crippen LogP contribution in [0.1, 0.15) is 18.1 Å². The molecule has 0 aromatic heterocycles. The number of aliphatic hydroxyl groups excluding tert-OH is 1. The molecule has 0 fully saturated rings. The van der Waals surface area contributed by atoms with Crippen molar-refractivity contribution in [2.24, 2.45) is 0 Å². The maximum atomic E-state index is 12.1. The highest BCUT2D eigenvalue weighted by atomic mass is 16.5. The second kappa shape index (κ2) is 8.83. The monoisotopic (exact) mass is 354 g/mol. The normalized spacial score (nSPS) is 16.4. The summed E-state index contributed by atoms with van der Waals surface area (Å²) in [6.45, 7) is 4.24. The Morgan fingerprint density at radius 1 is 1.15 bits per heavy atom. The molecule has 1 aliphatic heterocycles. The number of ether oxygens (including phenoxy) is 1. The fourth-order valence-corrected chi connectivity index (χ4v) is 3.19. The summed E-state index contributed by atoms with van der Waals surface area (Å²) in [7, 11) is 0. The fraction of sp³-hybridized carbons (Fsp3) is 0.381. The zero-order valence-corrected chi connectivity index (χ0v) is 15.1. The van der Waals surface area contributed by atoms with E-state index in [4.69, 9.17) is 4.74 Å². The minimum absolute atomic E-state index is 0.222. The van der Waals surface area contributed by atoms with Crippen molar-refractivity contribution in [3.8, 4) is 5.75 Å². The molecular weight excluding hydrogens is 328 g/mol. The Labute approximate surface area is 154 Å². The van der Waals surface area contributed by atoms with Gasteiger partial charge in [-0.05, 0) is 36.6 Å². The quantitative estimate of drug-likeness (QED) is 0.798. The highest BCUT2D eigenvalue weighted by molar-refractivity contribution is 5.80. The molecule has 0 aliphatic carbocycles. The number of rotatable bonds is 7. The minimum Gasteiger partial charge on any atom is -0.481 e. The highest BCUT2D eigenvalue weighted by Crippen LogP contribution is 2.18. The zero-order valence-electron chi connectivity index (χ0n) is 15.1. The van der Waals surface area contributed by atoms with Crippen molar-refractivity contribution in [3.63, 3.8) is 0 Å². The number of carbonyl (C=O) groups excluding carboxylic acids is 1. The number of para-hydroxylation sites is 1. The minimum atomic E-state index is -0.605. The Hall–Kier alpha value is -2.37. The van der Waals surface area contributed by atoms with Gasteiger partial charge in [-0.2, -0.15) is 0 Å². The topological polar surface area (TPSA) is 61.8 Å². The van der Waals surface area contributed by atoms with Crippen LogP contribution in [0.5, 0.6) is 5.75 Å². The lowest BCUT2D eigenvalue weighted by molar-refractivity contribution is -0.127. The largest absolute Gasteiger partial charge is 0.481 e. The number of hydrogen-bond acceptors (Lipinski definition) is 4. The molecule has 3 rings (SSSR count). The maximum Gasteiger partial charge on any atom is 0.260 e. The summed E-state index contributed by atoms with van der Waals surface area (Å²) < 4.78 is 5.59. The van der Waals surface area contributed by atoms with E-state index in [2.05, 4.69) is 28.4 Å². The molecule has 138 valence electrons. The molecule has 5 heteroatoms. The lowest BCUT2D eigenvalue weighted by Gasteiger charge is -2.30. The van der Waals surface area contributed by atoms with Gasteiger partial charge < -0.3 is 15.2 Å². The van der Waals surface area contributed by atoms with E-state index in [9.17, 15) is 9.90 Å². The second-order valence-corrected chi connectivity index (χ2v) is 6.73. The van der Waals surface area contributed by atoms with Crippen molar-refractivity contribution in [1.82, 2.24) is 10.2 Å². The molecule has 26 heavy (non-hydrogen) atoms. The number of amides is 1. The van der Waals surface area contributed by atoms with Crippen LogP contribution in [-0.2, 0) is 17.8 Å². The molecular formula is C21H26N2O3. The SMILES string of the molecule is CC(Oc1ccccc1)C(=O)NCC(O)CN1CCc2ccccc2C1. The van der Waals surface area contributed by atoms with Crippen LogP contribution < -0.4 is 10.1 Å². The molecule has 0 saturated carbocycles. The fourth-order valence-electron chi connectivity index (χ4n) is 3.19. The average Bonchev–Trinajstić information content (AvgIpc) is 2.66. The van der Waals surface area contributed by atoms with E-state index < -0.39 is 12.2 Å². The van der Waals surface area contributed by atoms with E-state index in [1.807, 2.05) is 36.4 Å². The van der Waals surface area contributed by atoms with Crippen LogP contribution in [0.3, 0.4) is 0 Å². The number of aliphatic hydroxyl groups is 1. The summed E-state index contributed by atoms with van der Waals surface area (Å²) in [6.07, 6.45) is -0.211. The van der Waals surface area contributed by atoms with Crippen LogP contribution >= 0.6 is 0 Å². The van der Waals surface area contributed by atoms with Crippen LogP contribution in [0.2, 0.25) is 0 Å². The predicted molar refractivity (Wildman–Crippen MR) is 101 cm³/mol. The van der Waals surface area contributed by atoms with Gasteiger partial charge in [0.15, 0.2) is 6.10 Å². The summed E-state index contributed by atoms with van der Waals surface area (Å²) in [5.74, 6) is 0.430. The Balaban J connectivity index is 1.41. The molecule has 2 N–H and O–H groups in total. The Morgan fingerprint density at radius 2 is 1.85 bits per heavy atom. The van der Waals surface area contributed by atoms with Gasteiger partial charge in [-0.15, -0.1) is 0 Å². The van der Waals surface area contributed by atoms with E-state index in [-0.39, 0.29) is 12.5 Å². The Bertz CT molecular complexity index is 720. The smallest absolute Gasteiger partial charge is 0.260 e. The predicted octanol–water partition coefficient (Wildman–Crippen LogP) is 1.99. The highest BCUT2D eigenvalue weighted by Gasteiger charge is 2.20. The molecule has 0 bridgehead atoms. The first-order chi connectivity index (χ1) is 12.6. The molecule has 5 nitrogen and oxygen atoms in total. The first-order valence-corrected chi connectivity index (χ1v) is 9.08. The second-order valence-electron chi connectivity index (χ2n) is 6.73. The van der Waals surface area contributed by atoms with Crippen molar-refractivity contribution < 1.29 is 14.6 Å². The van der Waals surface area contributed by atoms with Gasteiger partial charge in [0.05, 0.1) is 6.10 Å². The average molecular weight is 354 g/mol. The summed E-state index contributed by atoms with van der Waals surface area (Å²) >= 11 is 0. The zero-order chi connectivity index (χ0) is 18.4. The maximum absolute atomic E-state index is 12.1. The van der Waals surface area contributed by atoms with Crippen molar-refractivity contribution in [2.75, 3.05) is 19.6 Å². The lowest BCUT2D eigenvalue weighted by Crippen LogP contribution is -2.44. The van der Waals surface area contributed by atoms with E-state index >= 15 is 0 Å².